The van der Waals surface area contributed by atoms with Gasteiger partial charge in [0.05, 0.1) is 18.0 Å². The molecule has 2 aromatic rings. The second-order valence-electron chi connectivity index (χ2n) is 6.23. The van der Waals surface area contributed by atoms with Crippen molar-refractivity contribution in [3.63, 3.8) is 0 Å². The maximum absolute atomic E-state index is 12.4. The first-order chi connectivity index (χ1) is 11.7. The molecule has 4 rings (SSSR count). The van der Waals surface area contributed by atoms with Gasteiger partial charge in [-0.15, -0.1) is 10.2 Å². The molecule has 7 nitrogen and oxygen atoms in total. The maximum Gasteiger partial charge on any atom is 0.253 e. The zero-order chi connectivity index (χ0) is 16.5. The van der Waals surface area contributed by atoms with Crippen LogP contribution in [0, 0.1) is 12.8 Å². The van der Waals surface area contributed by atoms with Crippen molar-refractivity contribution in [1.82, 2.24) is 15.2 Å². The standard InChI is InChI=1S/C16H19N5O2S/c1-10-19-20-16(24-10)21-6-4-11-7-13(23-14(11)9-21)15(22)18-12-3-2-5-17-8-12/h2-3,5,8,11,13-14H,4,6-7,9H2,1H3,(H,18,22)/t11-,13-,14+/m1/s1. The minimum atomic E-state index is -0.392. The van der Waals surface area contributed by atoms with E-state index in [1.54, 1.807) is 29.8 Å². The van der Waals surface area contributed by atoms with Gasteiger partial charge in [0.1, 0.15) is 11.1 Å². The Labute approximate surface area is 144 Å². The fourth-order valence-corrected chi connectivity index (χ4v) is 4.07. The van der Waals surface area contributed by atoms with Gasteiger partial charge in [0.25, 0.3) is 5.91 Å². The SMILES string of the molecule is Cc1nnc(N2CC[C@@H]3C[C@H](C(=O)Nc4cccnc4)O[C@H]3C2)s1. The highest BCUT2D eigenvalue weighted by atomic mass is 32.1. The van der Waals surface area contributed by atoms with Crippen LogP contribution in [0.1, 0.15) is 17.8 Å². The summed E-state index contributed by atoms with van der Waals surface area (Å²) in [6.45, 7) is 3.67. The minimum Gasteiger partial charge on any atom is -0.363 e. The lowest BCUT2D eigenvalue weighted by atomic mass is 9.92. The summed E-state index contributed by atoms with van der Waals surface area (Å²) in [4.78, 5) is 18.6. The number of nitrogens with one attached hydrogen (secondary N) is 1. The summed E-state index contributed by atoms with van der Waals surface area (Å²) in [7, 11) is 0. The van der Waals surface area contributed by atoms with Crippen molar-refractivity contribution in [2.75, 3.05) is 23.3 Å². The first-order valence-electron chi connectivity index (χ1n) is 8.10. The van der Waals surface area contributed by atoms with Crippen LogP contribution in [-0.2, 0) is 9.53 Å². The molecule has 0 radical (unpaired) electrons. The smallest absolute Gasteiger partial charge is 0.253 e. The van der Waals surface area contributed by atoms with E-state index >= 15 is 0 Å². The Bertz CT molecular complexity index is 722. The van der Waals surface area contributed by atoms with Crippen LogP contribution in [0.5, 0.6) is 0 Å². The van der Waals surface area contributed by atoms with Crippen LogP contribution in [0.2, 0.25) is 0 Å². The van der Waals surface area contributed by atoms with Crippen molar-refractivity contribution in [3.8, 4) is 0 Å². The number of anilines is 2. The first-order valence-corrected chi connectivity index (χ1v) is 8.92. The third-order valence-corrected chi connectivity index (χ3v) is 5.46. The lowest BCUT2D eigenvalue weighted by Gasteiger charge is -2.33. The van der Waals surface area contributed by atoms with Crippen LogP contribution in [0.3, 0.4) is 0 Å². The normalized spacial score (nSPS) is 26.2. The monoisotopic (exact) mass is 345 g/mol. The molecule has 1 N–H and O–H groups in total. The van der Waals surface area contributed by atoms with Gasteiger partial charge in [-0.1, -0.05) is 11.3 Å². The highest BCUT2D eigenvalue weighted by Gasteiger charge is 2.42. The van der Waals surface area contributed by atoms with E-state index in [0.717, 1.165) is 36.1 Å². The molecule has 2 aliphatic rings. The van der Waals surface area contributed by atoms with Crippen LogP contribution in [0.15, 0.2) is 24.5 Å². The van der Waals surface area contributed by atoms with Crippen LogP contribution >= 0.6 is 11.3 Å². The van der Waals surface area contributed by atoms with Crippen molar-refractivity contribution >= 4 is 28.1 Å². The summed E-state index contributed by atoms with van der Waals surface area (Å²) >= 11 is 1.60. The fraction of sp³-hybridized carbons (Fsp3) is 0.500. The van der Waals surface area contributed by atoms with Gasteiger partial charge in [-0.3, -0.25) is 9.78 Å². The predicted octanol–water partition coefficient (Wildman–Crippen LogP) is 1.86. The van der Waals surface area contributed by atoms with Crippen LogP contribution in [0.4, 0.5) is 10.8 Å². The van der Waals surface area contributed by atoms with Crippen molar-refractivity contribution in [2.24, 2.45) is 5.92 Å². The van der Waals surface area contributed by atoms with Gasteiger partial charge in [-0.2, -0.15) is 0 Å². The molecule has 126 valence electrons. The lowest BCUT2D eigenvalue weighted by molar-refractivity contribution is -0.126. The molecule has 0 aliphatic carbocycles. The van der Waals surface area contributed by atoms with E-state index < -0.39 is 6.10 Å². The van der Waals surface area contributed by atoms with Crippen molar-refractivity contribution in [3.05, 3.63) is 29.5 Å². The van der Waals surface area contributed by atoms with Gasteiger partial charge >= 0.3 is 0 Å². The van der Waals surface area contributed by atoms with Crippen LogP contribution < -0.4 is 10.2 Å². The zero-order valence-electron chi connectivity index (χ0n) is 13.4. The Balaban J connectivity index is 1.38. The number of ether oxygens (including phenoxy) is 1. The summed E-state index contributed by atoms with van der Waals surface area (Å²) in [5.74, 6) is 0.343. The van der Waals surface area contributed by atoms with Gasteiger partial charge in [0.2, 0.25) is 5.13 Å². The molecule has 2 aliphatic heterocycles. The molecule has 0 bridgehead atoms. The summed E-state index contributed by atoms with van der Waals surface area (Å²) in [6.07, 6.45) is 4.79. The van der Waals surface area contributed by atoms with E-state index in [1.165, 1.54) is 0 Å². The summed E-state index contributed by atoms with van der Waals surface area (Å²) < 4.78 is 6.04. The topological polar surface area (TPSA) is 80.2 Å². The average molecular weight is 345 g/mol. The van der Waals surface area contributed by atoms with Gasteiger partial charge in [0, 0.05) is 19.3 Å². The first kappa shape index (κ1) is 15.5. The number of hydrogen-bond acceptors (Lipinski definition) is 7. The van der Waals surface area contributed by atoms with Gasteiger partial charge < -0.3 is 15.0 Å². The van der Waals surface area contributed by atoms with E-state index in [0.29, 0.717) is 11.6 Å². The zero-order valence-corrected chi connectivity index (χ0v) is 14.2. The number of nitrogens with zero attached hydrogens (tertiary/aromatic N) is 4. The molecule has 2 saturated heterocycles. The van der Waals surface area contributed by atoms with Gasteiger partial charge in [-0.25, -0.2) is 0 Å². The number of aryl methyl sites for hydroxylation is 1. The molecule has 0 aromatic carbocycles. The minimum absolute atomic E-state index is 0.0765. The molecule has 0 spiro atoms. The van der Waals surface area contributed by atoms with Crippen molar-refractivity contribution in [1.29, 1.82) is 0 Å². The number of carbonyl (C=O) groups excluding carboxylic acids is 1. The molecule has 0 unspecified atom stereocenters. The number of pyridine rings is 1. The van der Waals surface area contributed by atoms with E-state index in [-0.39, 0.29) is 12.0 Å². The van der Waals surface area contributed by atoms with E-state index in [2.05, 4.69) is 25.4 Å². The molecule has 24 heavy (non-hydrogen) atoms. The number of fused-ring (bicyclic) bond motifs is 1. The van der Waals surface area contributed by atoms with E-state index in [1.807, 2.05) is 13.0 Å². The van der Waals surface area contributed by atoms with Crippen LogP contribution in [0.25, 0.3) is 0 Å². The average Bonchev–Trinajstić information content (AvgIpc) is 3.21. The van der Waals surface area contributed by atoms with E-state index in [4.69, 9.17) is 4.74 Å². The summed E-state index contributed by atoms with van der Waals surface area (Å²) in [5, 5.41) is 13.1. The molecule has 4 heterocycles. The quantitative estimate of drug-likeness (QED) is 0.915. The van der Waals surface area contributed by atoms with Crippen LogP contribution in [-0.4, -0.2) is 46.4 Å². The second kappa shape index (κ2) is 6.45. The molecular formula is C16H19N5O2S. The maximum atomic E-state index is 12.4. The highest BCUT2D eigenvalue weighted by molar-refractivity contribution is 7.15. The largest absolute Gasteiger partial charge is 0.363 e. The highest BCUT2D eigenvalue weighted by Crippen LogP contribution is 2.35. The number of amides is 1. The summed E-state index contributed by atoms with van der Waals surface area (Å²) in [6, 6.07) is 3.62. The Morgan fingerprint density at radius 2 is 2.38 bits per heavy atom. The Kier molecular flexibility index (Phi) is 4.15. The summed E-state index contributed by atoms with van der Waals surface area (Å²) in [5.41, 5.74) is 0.701. The van der Waals surface area contributed by atoms with Crippen molar-refractivity contribution in [2.45, 2.75) is 32.0 Å². The molecule has 2 aromatic heterocycles. The van der Waals surface area contributed by atoms with Gasteiger partial charge in [-0.05, 0) is 37.8 Å². The molecule has 8 heteroatoms. The molecule has 0 saturated carbocycles. The van der Waals surface area contributed by atoms with Crippen molar-refractivity contribution < 1.29 is 9.53 Å². The number of piperidine rings is 1. The number of rotatable bonds is 3. The third kappa shape index (κ3) is 3.11. The third-order valence-electron chi connectivity index (χ3n) is 4.56. The Morgan fingerprint density at radius 1 is 1.46 bits per heavy atom. The predicted molar refractivity (Wildman–Crippen MR) is 91.1 cm³/mol. The van der Waals surface area contributed by atoms with Gasteiger partial charge in [0.15, 0.2) is 0 Å². The molecular weight excluding hydrogens is 326 g/mol. The Hall–Kier alpha value is -2.06. The number of carbonyl (C=O) groups is 1. The molecule has 3 atom stereocenters. The van der Waals surface area contributed by atoms with E-state index in [9.17, 15) is 4.79 Å². The second-order valence-corrected chi connectivity index (χ2v) is 7.39. The number of hydrogen-bond donors (Lipinski definition) is 1. The lowest BCUT2D eigenvalue weighted by Crippen LogP contribution is -2.42. The molecule has 2 fully saturated rings. The fourth-order valence-electron chi connectivity index (χ4n) is 3.35. The number of aromatic nitrogens is 3. The molecule has 1 amide bonds. The Morgan fingerprint density at radius 3 is 3.12 bits per heavy atom.